The van der Waals surface area contributed by atoms with Gasteiger partial charge in [-0.1, -0.05) is 16.8 Å². The topological polar surface area (TPSA) is 41.3 Å². The van der Waals surface area contributed by atoms with Gasteiger partial charge in [-0.3, -0.25) is 4.90 Å². The van der Waals surface area contributed by atoms with Gasteiger partial charge in [0.05, 0.1) is 11.1 Å². The van der Waals surface area contributed by atoms with Gasteiger partial charge in [-0.15, -0.1) is 0 Å². The van der Waals surface area contributed by atoms with Gasteiger partial charge in [0, 0.05) is 37.8 Å². The second-order valence-electron chi connectivity index (χ2n) is 5.20. The van der Waals surface area contributed by atoms with Gasteiger partial charge in [-0.2, -0.15) is 0 Å². The number of rotatable bonds is 3. The molecular weight excluding hydrogens is 293 g/mol. The third kappa shape index (κ3) is 3.10. The van der Waals surface area contributed by atoms with Gasteiger partial charge in [-0.05, 0) is 25.1 Å². The van der Waals surface area contributed by atoms with Gasteiger partial charge >= 0.3 is 0 Å². The predicted molar refractivity (Wildman–Crippen MR) is 79.8 cm³/mol. The average Bonchev–Trinajstić information content (AvgIpc) is 2.99. The Hall–Kier alpha value is -1.43. The summed E-state index contributed by atoms with van der Waals surface area (Å²) in [5, 5.41) is 7.89. The fourth-order valence-electron chi connectivity index (χ4n) is 2.56. The van der Waals surface area contributed by atoms with Crippen LogP contribution in [0.15, 0.2) is 28.8 Å². The lowest BCUT2D eigenvalue weighted by Crippen LogP contribution is -2.44. The predicted octanol–water partition coefficient (Wildman–Crippen LogP) is 3.10. The molecule has 4 nitrogen and oxygen atoms in total. The zero-order valence-electron chi connectivity index (χ0n) is 11.8. The van der Waals surface area contributed by atoms with Crippen LogP contribution in [0, 0.1) is 5.82 Å². The van der Waals surface area contributed by atoms with E-state index in [1.807, 2.05) is 6.07 Å². The quantitative estimate of drug-likeness (QED) is 0.946. The third-order valence-electron chi connectivity index (χ3n) is 3.85. The van der Waals surface area contributed by atoms with E-state index in [1.54, 1.807) is 0 Å². The third-order valence-corrected chi connectivity index (χ3v) is 4.18. The van der Waals surface area contributed by atoms with Crippen LogP contribution >= 0.6 is 11.6 Å². The Kier molecular flexibility index (Phi) is 4.24. The maximum atomic E-state index is 13.4. The van der Waals surface area contributed by atoms with Crippen LogP contribution in [0.25, 0.3) is 11.3 Å². The highest BCUT2D eigenvalue weighted by Gasteiger charge is 2.22. The van der Waals surface area contributed by atoms with E-state index in [9.17, 15) is 4.39 Å². The first-order chi connectivity index (χ1) is 10.1. The molecule has 1 aliphatic rings. The summed E-state index contributed by atoms with van der Waals surface area (Å²) in [5.41, 5.74) is 1.37. The summed E-state index contributed by atoms with van der Waals surface area (Å²) in [4.78, 5) is 2.34. The summed E-state index contributed by atoms with van der Waals surface area (Å²) >= 11 is 6.10. The van der Waals surface area contributed by atoms with Crippen LogP contribution in [0.4, 0.5) is 4.39 Å². The molecule has 3 rings (SSSR count). The first-order valence-corrected chi connectivity index (χ1v) is 7.40. The molecule has 1 N–H and O–H groups in total. The van der Waals surface area contributed by atoms with Crippen molar-refractivity contribution in [2.45, 2.75) is 13.0 Å². The molecule has 1 atom stereocenters. The van der Waals surface area contributed by atoms with E-state index in [0.29, 0.717) is 16.3 Å². The van der Waals surface area contributed by atoms with E-state index in [2.05, 4.69) is 22.3 Å². The lowest BCUT2D eigenvalue weighted by molar-refractivity contribution is 0.179. The van der Waals surface area contributed by atoms with Gasteiger partial charge in [0.15, 0.2) is 5.76 Å². The molecule has 0 aliphatic carbocycles. The Bertz CT molecular complexity index is 625. The van der Waals surface area contributed by atoms with Crippen molar-refractivity contribution >= 4 is 11.6 Å². The minimum absolute atomic E-state index is 0.164. The van der Waals surface area contributed by atoms with Crippen molar-refractivity contribution in [2.75, 3.05) is 26.2 Å². The van der Waals surface area contributed by atoms with Crippen molar-refractivity contribution in [1.29, 1.82) is 0 Å². The van der Waals surface area contributed by atoms with Crippen molar-refractivity contribution in [1.82, 2.24) is 15.4 Å². The molecule has 1 unspecified atom stereocenters. The molecule has 21 heavy (non-hydrogen) atoms. The Labute approximate surface area is 127 Å². The summed E-state index contributed by atoms with van der Waals surface area (Å²) in [6.07, 6.45) is 0. The van der Waals surface area contributed by atoms with Gasteiger partial charge in [0.2, 0.25) is 0 Å². The number of nitrogens with zero attached hydrogens (tertiary/aromatic N) is 2. The summed E-state index contributed by atoms with van der Waals surface area (Å²) < 4.78 is 18.7. The highest BCUT2D eigenvalue weighted by atomic mass is 35.5. The molecule has 6 heteroatoms. The first kappa shape index (κ1) is 14.5. The molecule has 0 spiro atoms. The monoisotopic (exact) mass is 309 g/mol. The Morgan fingerprint density at radius 1 is 1.33 bits per heavy atom. The molecule has 1 saturated heterocycles. The smallest absolute Gasteiger partial charge is 0.168 e. The molecule has 1 aliphatic heterocycles. The van der Waals surface area contributed by atoms with Crippen molar-refractivity contribution in [3.63, 3.8) is 0 Å². The van der Waals surface area contributed by atoms with Gasteiger partial charge in [-0.25, -0.2) is 4.39 Å². The number of halogens is 2. The maximum Gasteiger partial charge on any atom is 0.168 e. The maximum absolute atomic E-state index is 13.4. The number of hydrogen-bond acceptors (Lipinski definition) is 4. The summed E-state index contributed by atoms with van der Waals surface area (Å²) in [7, 11) is 0. The van der Waals surface area contributed by atoms with E-state index in [0.717, 1.165) is 31.9 Å². The molecule has 0 bridgehead atoms. The molecular formula is C15H17ClFN3O. The number of aromatic nitrogens is 1. The van der Waals surface area contributed by atoms with E-state index in [4.69, 9.17) is 16.1 Å². The molecule has 1 fully saturated rings. The largest absolute Gasteiger partial charge is 0.356 e. The molecule has 2 heterocycles. The Morgan fingerprint density at radius 2 is 2.10 bits per heavy atom. The van der Waals surface area contributed by atoms with Gasteiger partial charge < -0.3 is 9.84 Å². The highest BCUT2D eigenvalue weighted by Crippen LogP contribution is 2.31. The highest BCUT2D eigenvalue weighted by molar-refractivity contribution is 6.33. The van der Waals surface area contributed by atoms with E-state index in [1.165, 1.54) is 18.2 Å². The van der Waals surface area contributed by atoms with Crippen molar-refractivity contribution in [3.8, 4) is 11.3 Å². The van der Waals surface area contributed by atoms with E-state index < -0.39 is 0 Å². The standard InChI is InChI=1S/C15H17ClFN3O/c1-10(20-6-4-18-5-7-20)14-9-15(21-19-14)12-8-11(17)2-3-13(12)16/h2-3,8-10,18H,4-7H2,1H3. The van der Waals surface area contributed by atoms with Crippen molar-refractivity contribution in [3.05, 3.63) is 40.8 Å². The van der Waals surface area contributed by atoms with Crippen LogP contribution in [0.2, 0.25) is 5.02 Å². The van der Waals surface area contributed by atoms with E-state index in [-0.39, 0.29) is 11.9 Å². The van der Waals surface area contributed by atoms with Crippen LogP contribution in [0.3, 0.4) is 0 Å². The van der Waals surface area contributed by atoms with Gasteiger partial charge in [0.1, 0.15) is 11.5 Å². The zero-order chi connectivity index (χ0) is 14.8. The number of piperazine rings is 1. The number of nitrogens with one attached hydrogen (secondary N) is 1. The second kappa shape index (κ2) is 6.13. The molecule has 112 valence electrons. The molecule has 0 saturated carbocycles. The second-order valence-corrected chi connectivity index (χ2v) is 5.61. The molecule has 1 aromatic heterocycles. The Morgan fingerprint density at radius 3 is 2.86 bits per heavy atom. The summed E-state index contributed by atoms with van der Waals surface area (Å²) in [5.74, 6) is 0.152. The van der Waals surface area contributed by atoms with Crippen LogP contribution < -0.4 is 5.32 Å². The minimum atomic E-state index is -0.345. The lowest BCUT2D eigenvalue weighted by Gasteiger charge is -2.31. The van der Waals surface area contributed by atoms with E-state index >= 15 is 0 Å². The fourth-order valence-corrected chi connectivity index (χ4v) is 2.77. The minimum Gasteiger partial charge on any atom is -0.356 e. The SMILES string of the molecule is CC(c1cc(-c2cc(F)ccc2Cl)on1)N1CCNCC1. The number of benzene rings is 1. The number of hydrogen-bond donors (Lipinski definition) is 1. The summed E-state index contributed by atoms with van der Waals surface area (Å²) in [6.45, 7) is 6.00. The van der Waals surface area contributed by atoms with Crippen LogP contribution in [-0.2, 0) is 0 Å². The first-order valence-electron chi connectivity index (χ1n) is 7.02. The van der Waals surface area contributed by atoms with Crippen molar-refractivity contribution in [2.24, 2.45) is 0 Å². The van der Waals surface area contributed by atoms with Crippen LogP contribution in [-0.4, -0.2) is 36.2 Å². The zero-order valence-corrected chi connectivity index (χ0v) is 12.5. The van der Waals surface area contributed by atoms with Gasteiger partial charge in [0.25, 0.3) is 0 Å². The van der Waals surface area contributed by atoms with Crippen molar-refractivity contribution < 1.29 is 8.91 Å². The fraction of sp³-hybridized carbons (Fsp3) is 0.400. The molecule has 2 aromatic rings. The summed E-state index contributed by atoms with van der Waals surface area (Å²) in [6, 6.07) is 6.22. The van der Waals surface area contributed by atoms with Crippen LogP contribution in [0.5, 0.6) is 0 Å². The molecule has 0 radical (unpaired) electrons. The average molecular weight is 310 g/mol. The van der Waals surface area contributed by atoms with Crippen LogP contribution in [0.1, 0.15) is 18.7 Å². The lowest BCUT2D eigenvalue weighted by atomic mass is 10.1. The Balaban J connectivity index is 1.84. The molecule has 0 amide bonds. The normalized spacial score (nSPS) is 17.9. The molecule has 1 aromatic carbocycles.